The molecule has 0 unspecified atom stereocenters. The van der Waals surface area contributed by atoms with Crippen LogP contribution in [0.15, 0.2) is 73.3 Å². The van der Waals surface area contributed by atoms with Gasteiger partial charge in [0.25, 0.3) is 0 Å². The molecule has 3 saturated heterocycles. The first-order valence-electron chi connectivity index (χ1n) is 22.1. The average Bonchev–Trinajstić information content (AvgIpc) is 3.17. The van der Waals surface area contributed by atoms with Crippen molar-refractivity contribution < 1.29 is 51.5 Å². The molecule has 0 aliphatic carbocycles. The molecule has 0 spiro atoms. The minimum atomic E-state index is -2.58. The van der Waals surface area contributed by atoms with Crippen molar-refractivity contribution in [3.63, 3.8) is 0 Å². The van der Waals surface area contributed by atoms with Gasteiger partial charge in [-0.05, 0) is 60.0 Å². The van der Waals surface area contributed by atoms with E-state index in [0.717, 1.165) is 11.1 Å². The minimum Gasteiger partial charge on any atom is -0.414 e. The molecule has 5 rings (SSSR count). The molecule has 0 saturated carbocycles. The Hall–Kier alpha value is -1.61. The molecule has 11 atom stereocenters. The van der Waals surface area contributed by atoms with Gasteiger partial charge in [-0.2, -0.15) is 0 Å². The van der Waals surface area contributed by atoms with Crippen molar-refractivity contribution in [2.45, 2.75) is 191 Å². The largest absolute Gasteiger partial charge is 0.414 e. The first kappa shape index (κ1) is 50.4. The molecule has 0 radical (unpaired) electrons. The second-order valence-corrected chi connectivity index (χ2v) is 35.8. The number of benzene rings is 2. The molecular formula is C47H78O11Si3. The zero-order valence-corrected chi connectivity index (χ0v) is 42.8. The predicted octanol–water partition coefficient (Wildman–Crippen LogP) is 9.89. The van der Waals surface area contributed by atoms with Crippen molar-refractivity contribution in [1.82, 2.24) is 0 Å². The molecule has 0 amide bonds. The Bertz CT molecular complexity index is 1670. The van der Waals surface area contributed by atoms with Crippen LogP contribution in [0.4, 0.5) is 0 Å². The first-order chi connectivity index (χ1) is 28.3. The molecule has 3 aliphatic heterocycles. The van der Waals surface area contributed by atoms with Crippen LogP contribution >= 0.6 is 0 Å². The highest BCUT2D eigenvalue weighted by Gasteiger charge is 2.58. The number of hydrogen-bond acceptors (Lipinski definition) is 11. The van der Waals surface area contributed by atoms with E-state index in [0.29, 0.717) is 0 Å². The molecule has 3 aliphatic rings. The standard InChI is InChI=1S/C47H78O11Si3/c1-17-28-49-40-38-34(30-51-42(55-38)33-26-22-19-23-27-33)54-44(41(40)58-61(15,16)47(8,9)10)56-37-35(31-52-59(11,12)45(2,3)4)53-43(50-29-32-24-20-18-21-25-32)36(48)39(37)57-60(13,14)46(5,6)7/h17-27,34-44,48H,1,28-31H2,2-16H3/t34-,35-,36-,37-,38+,39-,40+,41-,42+,43-,44+/m1/s1. The smallest absolute Gasteiger partial charge is 0.192 e. The van der Waals surface area contributed by atoms with Crippen LogP contribution in [0, 0.1) is 0 Å². The van der Waals surface area contributed by atoms with Gasteiger partial charge in [0.2, 0.25) is 0 Å². The third-order valence-electron chi connectivity index (χ3n) is 13.8. The fourth-order valence-corrected chi connectivity index (χ4v) is 10.4. The summed E-state index contributed by atoms with van der Waals surface area (Å²) in [5, 5.41) is 12.0. The summed E-state index contributed by atoms with van der Waals surface area (Å²) in [6.07, 6.45) is -7.15. The molecule has 2 aromatic rings. The number of aliphatic hydroxyl groups excluding tert-OH is 1. The third kappa shape index (κ3) is 12.2. The van der Waals surface area contributed by atoms with Gasteiger partial charge < -0.3 is 51.5 Å². The molecule has 3 fully saturated rings. The highest BCUT2D eigenvalue weighted by atomic mass is 28.4. The van der Waals surface area contributed by atoms with Gasteiger partial charge in [0.05, 0.1) is 26.4 Å². The van der Waals surface area contributed by atoms with Crippen molar-refractivity contribution >= 4 is 25.0 Å². The lowest BCUT2D eigenvalue weighted by Crippen LogP contribution is -2.69. The second kappa shape index (κ2) is 19.9. The normalized spacial score (nSPS) is 30.8. The molecule has 1 N–H and O–H groups in total. The summed E-state index contributed by atoms with van der Waals surface area (Å²) in [7, 11) is -7.44. The van der Waals surface area contributed by atoms with E-state index in [1.165, 1.54) is 0 Å². The summed E-state index contributed by atoms with van der Waals surface area (Å²) in [6, 6.07) is 19.8. The van der Waals surface area contributed by atoms with Crippen LogP contribution in [0.2, 0.25) is 54.4 Å². The lowest BCUT2D eigenvalue weighted by molar-refractivity contribution is -0.385. The summed E-state index contributed by atoms with van der Waals surface area (Å²) >= 11 is 0. The van der Waals surface area contributed by atoms with Crippen LogP contribution < -0.4 is 0 Å². The predicted molar refractivity (Wildman–Crippen MR) is 247 cm³/mol. The summed E-state index contributed by atoms with van der Waals surface area (Å²) in [6.45, 7) is 37.9. The van der Waals surface area contributed by atoms with Gasteiger partial charge in [0.1, 0.15) is 48.8 Å². The second-order valence-electron chi connectivity index (χ2n) is 21.5. The van der Waals surface area contributed by atoms with Gasteiger partial charge in [-0.1, -0.05) is 129 Å². The van der Waals surface area contributed by atoms with E-state index in [9.17, 15) is 5.11 Å². The molecule has 14 heteroatoms. The summed E-state index contributed by atoms with van der Waals surface area (Å²) in [5.74, 6) is 0. The zero-order chi connectivity index (χ0) is 45.2. The molecule has 2 aromatic carbocycles. The van der Waals surface area contributed by atoms with E-state index >= 15 is 0 Å². The van der Waals surface area contributed by atoms with Crippen LogP contribution in [0.1, 0.15) is 79.7 Å². The average molecular weight is 903 g/mol. The van der Waals surface area contributed by atoms with Crippen molar-refractivity contribution in [1.29, 1.82) is 0 Å². The summed E-state index contributed by atoms with van der Waals surface area (Å²) < 4.78 is 68.9. The highest BCUT2D eigenvalue weighted by molar-refractivity contribution is 6.75. The Morgan fingerprint density at radius 3 is 1.79 bits per heavy atom. The van der Waals surface area contributed by atoms with Crippen LogP contribution in [-0.2, 0) is 53.0 Å². The Balaban J connectivity index is 1.60. The molecule has 61 heavy (non-hydrogen) atoms. The fourth-order valence-electron chi connectivity index (χ4n) is 6.84. The number of rotatable bonds is 16. The monoisotopic (exact) mass is 902 g/mol. The summed E-state index contributed by atoms with van der Waals surface area (Å²) in [4.78, 5) is 0. The molecule has 3 heterocycles. The van der Waals surface area contributed by atoms with Crippen LogP contribution in [0.5, 0.6) is 0 Å². The Labute approximate surface area is 370 Å². The zero-order valence-electron chi connectivity index (χ0n) is 39.8. The summed E-state index contributed by atoms with van der Waals surface area (Å²) in [5.41, 5.74) is 1.86. The fraction of sp³-hybridized carbons (Fsp3) is 0.702. The van der Waals surface area contributed by atoms with E-state index in [1.807, 2.05) is 60.7 Å². The van der Waals surface area contributed by atoms with Crippen LogP contribution in [0.3, 0.4) is 0 Å². The Morgan fingerprint density at radius 2 is 1.23 bits per heavy atom. The Morgan fingerprint density at radius 1 is 0.672 bits per heavy atom. The van der Waals surface area contributed by atoms with E-state index in [2.05, 4.69) is 108 Å². The van der Waals surface area contributed by atoms with Crippen LogP contribution in [0.25, 0.3) is 0 Å². The molecule has 0 bridgehead atoms. The minimum absolute atomic E-state index is 0.0737. The highest BCUT2D eigenvalue weighted by Crippen LogP contribution is 2.45. The SMILES string of the molecule is C=CCO[C@H]1[C@H]2O[C@@H](c3ccccc3)OC[C@H]2O[C@@H](O[C@H]2[C@H](O[Si](C)(C)C(C)(C)C)[C@@H](O)[C@H](OCc3ccccc3)O[C@@H]2CO[Si](C)(C)C(C)(C)C)[C@@H]1O[Si](C)(C)C(C)(C)C. The van der Waals surface area contributed by atoms with Crippen molar-refractivity contribution in [2.24, 2.45) is 0 Å². The van der Waals surface area contributed by atoms with Gasteiger partial charge in [0.15, 0.2) is 43.8 Å². The number of aliphatic hydroxyl groups is 1. The van der Waals surface area contributed by atoms with Gasteiger partial charge >= 0.3 is 0 Å². The number of ether oxygens (including phenoxy) is 7. The molecule has 11 nitrogen and oxygen atoms in total. The number of hydrogen-bond donors (Lipinski definition) is 1. The maximum atomic E-state index is 12.5. The quantitative estimate of drug-likeness (QED) is 0.128. The molecule has 0 aromatic heterocycles. The van der Waals surface area contributed by atoms with Crippen molar-refractivity contribution in [3.8, 4) is 0 Å². The molecular weight excluding hydrogens is 825 g/mol. The van der Waals surface area contributed by atoms with Gasteiger partial charge in [-0.25, -0.2) is 0 Å². The van der Waals surface area contributed by atoms with Gasteiger partial charge in [-0.3, -0.25) is 0 Å². The maximum Gasteiger partial charge on any atom is 0.192 e. The van der Waals surface area contributed by atoms with Crippen LogP contribution in [-0.4, -0.2) is 111 Å². The van der Waals surface area contributed by atoms with Crippen molar-refractivity contribution in [2.75, 3.05) is 19.8 Å². The number of fused-ring (bicyclic) bond motifs is 1. The van der Waals surface area contributed by atoms with Crippen molar-refractivity contribution in [3.05, 3.63) is 84.4 Å². The lowest BCUT2D eigenvalue weighted by Gasteiger charge is -2.54. The van der Waals surface area contributed by atoms with Gasteiger partial charge in [0, 0.05) is 5.56 Å². The topological polar surface area (TPSA) is 113 Å². The first-order valence-corrected chi connectivity index (χ1v) is 30.8. The lowest BCUT2D eigenvalue weighted by atomic mass is 9.96. The van der Waals surface area contributed by atoms with E-state index in [4.69, 9.17) is 46.4 Å². The molecule has 344 valence electrons. The Kier molecular flexibility index (Phi) is 16.4. The third-order valence-corrected chi connectivity index (χ3v) is 27.3. The van der Waals surface area contributed by atoms with E-state index in [1.54, 1.807) is 6.08 Å². The van der Waals surface area contributed by atoms with Gasteiger partial charge in [-0.15, -0.1) is 6.58 Å². The van der Waals surface area contributed by atoms with E-state index in [-0.39, 0.29) is 41.5 Å². The maximum absolute atomic E-state index is 12.5. The van der Waals surface area contributed by atoms with E-state index < -0.39 is 92.7 Å².